The van der Waals surface area contributed by atoms with E-state index in [1.807, 2.05) is 48.5 Å². The molecule has 0 fully saturated rings. The van der Waals surface area contributed by atoms with Crippen molar-refractivity contribution >= 4 is 28.0 Å². The number of nitrogens with one attached hydrogen (secondary N) is 1. The molecule has 0 saturated heterocycles. The maximum Gasteiger partial charge on any atom is 0.408 e. The van der Waals surface area contributed by atoms with E-state index in [1.165, 1.54) is 4.68 Å². The fourth-order valence-electron chi connectivity index (χ4n) is 3.61. The van der Waals surface area contributed by atoms with Gasteiger partial charge in [0.2, 0.25) is 4.73 Å². The molecule has 0 saturated carbocycles. The summed E-state index contributed by atoms with van der Waals surface area (Å²) in [4.78, 5) is 28.0. The van der Waals surface area contributed by atoms with Crippen molar-refractivity contribution in [2.75, 3.05) is 6.61 Å². The SMILES string of the molecule is Cn1nc(Br)nc1C(NC(=O)OCC1c2ccccc2-c2ccccc21)C(=O)O. The second kappa shape index (κ2) is 7.67. The van der Waals surface area contributed by atoms with Gasteiger partial charge in [-0.1, -0.05) is 48.5 Å². The summed E-state index contributed by atoms with van der Waals surface area (Å²) in [7, 11) is 1.54. The van der Waals surface area contributed by atoms with E-state index >= 15 is 0 Å². The predicted octanol–water partition coefficient (Wildman–Crippen LogP) is 3.24. The van der Waals surface area contributed by atoms with E-state index in [1.54, 1.807) is 7.05 Å². The lowest BCUT2D eigenvalue weighted by Crippen LogP contribution is -2.36. The van der Waals surface area contributed by atoms with E-state index in [-0.39, 0.29) is 23.1 Å². The van der Waals surface area contributed by atoms with Crippen molar-refractivity contribution < 1.29 is 19.4 Å². The number of amides is 1. The minimum absolute atomic E-state index is 0.0814. The van der Waals surface area contributed by atoms with E-state index in [0.29, 0.717) is 0 Å². The number of nitrogens with zero attached hydrogens (tertiary/aromatic N) is 3. The zero-order valence-corrected chi connectivity index (χ0v) is 17.0. The molecule has 148 valence electrons. The van der Waals surface area contributed by atoms with Gasteiger partial charge < -0.3 is 15.2 Å². The number of rotatable bonds is 5. The van der Waals surface area contributed by atoms with Crippen LogP contribution in [0.4, 0.5) is 4.79 Å². The maximum absolute atomic E-state index is 12.4. The Morgan fingerprint density at radius 3 is 2.28 bits per heavy atom. The van der Waals surface area contributed by atoms with Crippen LogP contribution in [0.25, 0.3) is 11.1 Å². The Hall–Kier alpha value is -3.20. The lowest BCUT2D eigenvalue weighted by molar-refractivity contribution is -0.139. The number of carboxylic acids is 1. The summed E-state index contributed by atoms with van der Waals surface area (Å²) in [6, 6.07) is 14.6. The van der Waals surface area contributed by atoms with Gasteiger partial charge in [0.25, 0.3) is 0 Å². The van der Waals surface area contributed by atoms with Gasteiger partial charge in [0.15, 0.2) is 11.9 Å². The number of ether oxygens (including phenoxy) is 1. The number of halogens is 1. The van der Waals surface area contributed by atoms with Gasteiger partial charge in [-0.3, -0.25) is 0 Å². The Labute approximate surface area is 174 Å². The molecule has 2 N–H and O–H groups in total. The first-order valence-electron chi connectivity index (χ1n) is 8.86. The molecular formula is C20H17BrN4O4. The maximum atomic E-state index is 12.4. The van der Waals surface area contributed by atoms with Crippen LogP contribution in [0, 0.1) is 0 Å². The van der Waals surface area contributed by atoms with E-state index < -0.39 is 18.1 Å². The number of fused-ring (bicyclic) bond motifs is 3. The molecule has 1 heterocycles. The molecule has 1 atom stereocenters. The van der Waals surface area contributed by atoms with Gasteiger partial charge in [0.05, 0.1) is 0 Å². The Kier molecular flexibility index (Phi) is 5.06. The first-order chi connectivity index (χ1) is 14.0. The Bertz CT molecular complexity index is 1050. The first kappa shape index (κ1) is 19.1. The van der Waals surface area contributed by atoms with Gasteiger partial charge in [0.1, 0.15) is 6.61 Å². The van der Waals surface area contributed by atoms with Crippen molar-refractivity contribution in [3.8, 4) is 11.1 Å². The molecule has 8 nitrogen and oxygen atoms in total. The predicted molar refractivity (Wildman–Crippen MR) is 107 cm³/mol. The number of hydrogen-bond acceptors (Lipinski definition) is 5. The fourth-order valence-corrected chi connectivity index (χ4v) is 4.03. The second-order valence-electron chi connectivity index (χ2n) is 6.60. The fraction of sp³-hybridized carbons (Fsp3) is 0.200. The second-order valence-corrected chi connectivity index (χ2v) is 7.31. The summed E-state index contributed by atoms with van der Waals surface area (Å²) in [6.45, 7) is 0.0920. The van der Waals surface area contributed by atoms with Crippen LogP contribution in [-0.2, 0) is 16.6 Å². The average Bonchev–Trinajstić information content (AvgIpc) is 3.20. The number of carbonyl (C=O) groups is 2. The minimum Gasteiger partial charge on any atom is -0.479 e. The third kappa shape index (κ3) is 3.61. The highest BCUT2D eigenvalue weighted by Crippen LogP contribution is 2.44. The van der Waals surface area contributed by atoms with Gasteiger partial charge in [-0.15, -0.1) is 5.10 Å². The quantitative estimate of drug-likeness (QED) is 0.610. The van der Waals surface area contributed by atoms with Crippen LogP contribution in [0.5, 0.6) is 0 Å². The highest BCUT2D eigenvalue weighted by atomic mass is 79.9. The number of carboxylic acid groups (broad SMARTS) is 1. The molecule has 1 unspecified atom stereocenters. The van der Waals surface area contributed by atoms with Gasteiger partial charge in [-0.2, -0.15) is 0 Å². The van der Waals surface area contributed by atoms with Crippen LogP contribution >= 0.6 is 15.9 Å². The molecule has 4 rings (SSSR count). The Morgan fingerprint density at radius 1 is 1.17 bits per heavy atom. The molecule has 0 aliphatic heterocycles. The molecule has 1 aliphatic carbocycles. The Morgan fingerprint density at radius 2 is 1.76 bits per heavy atom. The summed E-state index contributed by atoms with van der Waals surface area (Å²) in [5, 5.41) is 15.8. The third-order valence-corrected chi connectivity index (χ3v) is 5.22. The van der Waals surface area contributed by atoms with Gasteiger partial charge in [-0.25, -0.2) is 19.3 Å². The molecule has 0 spiro atoms. The van der Waals surface area contributed by atoms with Crippen LogP contribution < -0.4 is 5.32 Å². The molecule has 2 aromatic carbocycles. The number of aryl methyl sites for hydroxylation is 1. The van der Waals surface area contributed by atoms with E-state index in [0.717, 1.165) is 22.3 Å². The van der Waals surface area contributed by atoms with Crippen LogP contribution in [0.1, 0.15) is 28.9 Å². The van der Waals surface area contributed by atoms with Crippen LogP contribution in [0.2, 0.25) is 0 Å². The highest BCUT2D eigenvalue weighted by molar-refractivity contribution is 9.10. The van der Waals surface area contributed by atoms with E-state index in [4.69, 9.17) is 4.74 Å². The van der Waals surface area contributed by atoms with Crippen molar-refractivity contribution in [2.24, 2.45) is 7.05 Å². The number of aliphatic carboxylic acids is 1. The summed E-state index contributed by atoms with van der Waals surface area (Å²) in [5.74, 6) is -1.29. The van der Waals surface area contributed by atoms with Crippen molar-refractivity contribution in [3.63, 3.8) is 0 Å². The van der Waals surface area contributed by atoms with Crippen LogP contribution in [0.15, 0.2) is 53.3 Å². The summed E-state index contributed by atoms with van der Waals surface area (Å²) in [6.07, 6.45) is -0.835. The Balaban J connectivity index is 1.50. The molecular weight excluding hydrogens is 440 g/mol. The third-order valence-electron chi connectivity index (χ3n) is 4.88. The van der Waals surface area contributed by atoms with Crippen molar-refractivity contribution in [2.45, 2.75) is 12.0 Å². The highest BCUT2D eigenvalue weighted by Gasteiger charge is 2.31. The van der Waals surface area contributed by atoms with Crippen LogP contribution in [-0.4, -0.2) is 38.5 Å². The number of hydrogen-bond donors (Lipinski definition) is 2. The molecule has 1 aliphatic rings. The van der Waals surface area contributed by atoms with Crippen molar-refractivity contribution in [1.29, 1.82) is 0 Å². The lowest BCUT2D eigenvalue weighted by atomic mass is 9.98. The van der Waals surface area contributed by atoms with Gasteiger partial charge in [0, 0.05) is 13.0 Å². The van der Waals surface area contributed by atoms with Crippen LogP contribution in [0.3, 0.4) is 0 Å². The average molecular weight is 457 g/mol. The molecule has 9 heteroatoms. The van der Waals surface area contributed by atoms with Gasteiger partial charge in [-0.05, 0) is 38.2 Å². The normalized spacial score (nSPS) is 13.4. The zero-order chi connectivity index (χ0) is 20.5. The summed E-state index contributed by atoms with van der Waals surface area (Å²) >= 11 is 3.09. The number of alkyl carbamates (subject to hydrolysis) is 1. The largest absolute Gasteiger partial charge is 0.479 e. The molecule has 3 aromatic rings. The van der Waals surface area contributed by atoms with E-state index in [2.05, 4.69) is 31.3 Å². The standard InChI is InChI=1S/C20H17BrN4O4/c1-25-17(23-19(21)24-25)16(18(26)27)22-20(28)29-10-15-13-8-4-2-6-11(13)12-7-3-5-9-14(12)15/h2-9,15-16H,10H2,1H3,(H,22,28)(H,26,27). The molecule has 29 heavy (non-hydrogen) atoms. The number of carbonyl (C=O) groups excluding carboxylic acids is 1. The molecule has 0 radical (unpaired) electrons. The van der Waals surface area contributed by atoms with Crippen molar-refractivity contribution in [3.05, 3.63) is 70.2 Å². The molecule has 1 amide bonds. The topological polar surface area (TPSA) is 106 Å². The monoisotopic (exact) mass is 456 g/mol. The molecule has 1 aromatic heterocycles. The van der Waals surface area contributed by atoms with Crippen molar-refractivity contribution in [1.82, 2.24) is 20.1 Å². The summed E-state index contributed by atoms with van der Waals surface area (Å²) in [5.41, 5.74) is 4.39. The van der Waals surface area contributed by atoms with Gasteiger partial charge >= 0.3 is 12.1 Å². The summed E-state index contributed by atoms with van der Waals surface area (Å²) < 4.78 is 6.92. The number of aromatic nitrogens is 3. The smallest absolute Gasteiger partial charge is 0.408 e. The van der Waals surface area contributed by atoms with E-state index in [9.17, 15) is 14.7 Å². The lowest BCUT2D eigenvalue weighted by Gasteiger charge is -2.17. The number of benzene rings is 2. The molecule has 0 bridgehead atoms. The zero-order valence-electron chi connectivity index (χ0n) is 15.4. The first-order valence-corrected chi connectivity index (χ1v) is 9.65. The minimum atomic E-state index is -1.38.